The van der Waals surface area contributed by atoms with Crippen LogP contribution < -0.4 is 0 Å². The van der Waals surface area contributed by atoms with E-state index in [9.17, 15) is 0 Å². The van der Waals surface area contributed by atoms with Crippen LogP contribution in [-0.4, -0.2) is 53.9 Å². The summed E-state index contributed by atoms with van der Waals surface area (Å²) in [7, 11) is -3.88. The summed E-state index contributed by atoms with van der Waals surface area (Å²) in [6.45, 7) is 31.8. The van der Waals surface area contributed by atoms with Crippen LogP contribution in [0.2, 0.25) is 84.8 Å². The van der Waals surface area contributed by atoms with Crippen LogP contribution in [0.3, 0.4) is 0 Å². The van der Waals surface area contributed by atoms with Gasteiger partial charge in [-0.3, -0.25) is 0 Å². The van der Waals surface area contributed by atoms with Gasteiger partial charge in [-0.2, -0.15) is 0 Å². The first kappa shape index (κ1) is 20.7. The molecule has 0 saturated carbocycles. The van der Waals surface area contributed by atoms with Crippen molar-refractivity contribution in [2.45, 2.75) is 84.8 Å². The molecule has 0 amide bonds. The number of hydrogen-bond acceptors (Lipinski definition) is 0. The minimum absolute atomic E-state index is 0.0503. The van der Waals surface area contributed by atoms with E-state index in [1.807, 2.05) is 0 Å². The van der Waals surface area contributed by atoms with E-state index >= 15 is 0 Å². The van der Waals surface area contributed by atoms with Gasteiger partial charge in [0, 0.05) is 0 Å². The van der Waals surface area contributed by atoms with Crippen molar-refractivity contribution in [1.29, 1.82) is 0 Å². The van der Waals surface area contributed by atoms with Crippen LogP contribution in [0, 0.1) is 0 Å². The van der Waals surface area contributed by atoms with Crippen molar-refractivity contribution in [1.82, 2.24) is 0 Å². The maximum atomic E-state index is 2.65. The second kappa shape index (κ2) is 6.43. The normalized spacial score (nSPS) is 15.5. The average molecular weight is 441 g/mol. The third-order valence-corrected chi connectivity index (χ3v) is 52.8. The van der Waals surface area contributed by atoms with Crippen molar-refractivity contribution in [3.8, 4) is 0 Å². The molecule has 0 aliphatic heterocycles. The summed E-state index contributed by atoms with van der Waals surface area (Å²) >= 11 is -0.0503. The SMILES string of the molecule is C[Si](C)(C)[CH]([Sb][CH]([Si](C)(C)C)[Si](C)(C)C)[Si](C)(C)C. The molecule has 0 aliphatic carbocycles. The predicted molar refractivity (Wildman–Crippen MR) is 107 cm³/mol. The van der Waals surface area contributed by atoms with E-state index < -0.39 is 32.3 Å². The molecule has 0 N–H and O–H groups in total. The third-order valence-electron chi connectivity index (χ3n) is 3.58. The molecule has 0 aromatic rings. The van der Waals surface area contributed by atoms with Crippen molar-refractivity contribution >= 4 is 53.9 Å². The molecule has 0 fully saturated rings. The van der Waals surface area contributed by atoms with Gasteiger partial charge in [0.15, 0.2) is 0 Å². The second-order valence-corrected chi connectivity index (χ2v) is 42.4. The Bertz CT molecular complexity index is 231. The van der Waals surface area contributed by atoms with E-state index in [-0.39, 0.29) is 21.6 Å². The standard InChI is InChI=1S/2C7H19Si2.Sb/c2*1-8(2,3)7-9(4,5)6;/h2*7H,1-6H3;. The molecule has 1 radical (unpaired) electrons. The fourth-order valence-electron chi connectivity index (χ4n) is 3.64. The fourth-order valence-corrected chi connectivity index (χ4v) is 50.4. The van der Waals surface area contributed by atoms with Gasteiger partial charge in [0.1, 0.15) is 0 Å². The summed E-state index contributed by atoms with van der Waals surface area (Å²) < 4.78 is 2.47. The Kier molecular flexibility index (Phi) is 7.00. The van der Waals surface area contributed by atoms with Gasteiger partial charge in [0.25, 0.3) is 0 Å². The molecular formula is C14H38SbSi4. The van der Waals surface area contributed by atoms with Crippen LogP contribution in [0.15, 0.2) is 0 Å². The Morgan fingerprint density at radius 3 is 0.684 bits per heavy atom. The van der Waals surface area contributed by atoms with Crippen LogP contribution in [0.25, 0.3) is 0 Å². The first-order valence-electron chi connectivity index (χ1n) is 7.67. The van der Waals surface area contributed by atoms with Gasteiger partial charge in [-0.05, 0) is 0 Å². The van der Waals surface area contributed by atoms with E-state index in [1.165, 1.54) is 6.22 Å². The van der Waals surface area contributed by atoms with Gasteiger partial charge in [-0.1, -0.05) is 0 Å². The van der Waals surface area contributed by atoms with Gasteiger partial charge < -0.3 is 0 Å². The van der Waals surface area contributed by atoms with E-state index in [1.54, 1.807) is 0 Å². The van der Waals surface area contributed by atoms with Gasteiger partial charge in [-0.25, -0.2) is 0 Å². The molecule has 0 heterocycles. The topological polar surface area (TPSA) is 0 Å². The minimum atomic E-state index is -0.970. The summed E-state index contributed by atoms with van der Waals surface area (Å²) in [5.74, 6) is 0. The molecule has 0 atom stereocenters. The summed E-state index contributed by atoms with van der Waals surface area (Å²) in [4.78, 5) is 0. The second-order valence-electron chi connectivity index (χ2n) is 10.4. The summed E-state index contributed by atoms with van der Waals surface area (Å²) in [5, 5.41) is 0. The molecule has 0 spiro atoms. The first-order valence-corrected chi connectivity index (χ1v) is 24.9. The molecule has 0 saturated heterocycles. The van der Waals surface area contributed by atoms with Crippen LogP contribution in [0.5, 0.6) is 0 Å². The van der Waals surface area contributed by atoms with E-state index in [4.69, 9.17) is 0 Å². The molecule has 0 aromatic carbocycles. The monoisotopic (exact) mass is 439 g/mol. The summed E-state index contributed by atoms with van der Waals surface area (Å²) in [6, 6.07) is 0. The molecule has 0 aromatic heterocycles. The molecule has 115 valence electrons. The molecule has 0 bridgehead atoms. The number of rotatable bonds is 6. The molecule has 0 nitrogen and oxygen atoms in total. The van der Waals surface area contributed by atoms with Crippen molar-refractivity contribution < 1.29 is 0 Å². The van der Waals surface area contributed by atoms with Crippen molar-refractivity contribution in [2.75, 3.05) is 0 Å². The molecule has 0 aliphatic rings. The average Bonchev–Trinajstić information content (AvgIpc) is 1.91. The van der Waals surface area contributed by atoms with Crippen LogP contribution in [0.4, 0.5) is 0 Å². The maximum absolute atomic E-state index is 2.65. The first-order chi connectivity index (χ1) is 7.97. The predicted octanol–water partition coefficient (Wildman–Crippen LogP) is 5.78. The fraction of sp³-hybridized carbons (Fsp3) is 1.00. The van der Waals surface area contributed by atoms with E-state index in [0.29, 0.717) is 0 Å². The van der Waals surface area contributed by atoms with Gasteiger partial charge >= 0.3 is 139 Å². The molecule has 19 heavy (non-hydrogen) atoms. The van der Waals surface area contributed by atoms with E-state index in [0.717, 1.165) is 0 Å². The zero-order valence-electron chi connectivity index (χ0n) is 15.6. The molecule has 5 heteroatoms. The Morgan fingerprint density at radius 2 is 0.579 bits per heavy atom. The van der Waals surface area contributed by atoms with Crippen LogP contribution in [-0.2, 0) is 0 Å². The van der Waals surface area contributed by atoms with Crippen molar-refractivity contribution in [3.63, 3.8) is 0 Å². The van der Waals surface area contributed by atoms with Gasteiger partial charge in [0.2, 0.25) is 0 Å². The Hall–Kier alpha value is 1.69. The Balaban J connectivity index is 5.43. The molecule has 0 unspecified atom stereocenters. The zero-order chi connectivity index (χ0) is 15.9. The quantitative estimate of drug-likeness (QED) is 0.460. The Morgan fingerprint density at radius 1 is 0.421 bits per heavy atom. The Labute approximate surface area is 138 Å². The third kappa shape index (κ3) is 6.99. The summed E-state index contributed by atoms with van der Waals surface area (Å²) in [5.41, 5.74) is 0. The number of hydrogen-bond donors (Lipinski definition) is 0. The van der Waals surface area contributed by atoms with Crippen molar-refractivity contribution in [2.24, 2.45) is 0 Å². The van der Waals surface area contributed by atoms with E-state index in [2.05, 4.69) is 78.6 Å². The van der Waals surface area contributed by atoms with Crippen LogP contribution in [0.1, 0.15) is 0 Å². The van der Waals surface area contributed by atoms with Crippen molar-refractivity contribution in [3.05, 3.63) is 0 Å². The zero-order valence-corrected chi connectivity index (χ0v) is 22.2. The van der Waals surface area contributed by atoms with Gasteiger partial charge in [-0.15, -0.1) is 0 Å². The molecular weight excluding hydrogens is 402 g/mol. The van der Waals surface area contributed by atoms with Crippen LogP contribution >= 0.6 is 0 Å². The molecule has 0 rings (SSSR count). The van der Waals surface area contributed by atoms with Gasteiger partial charge in [0.05, 0.1) is 0 Å². The summed E-state index contributed by atoms with van der Waals surface area (Å²) in [6.07, 6.45) is 0.